The van der Waals surface area contributed by atoms with Crippen LogP contribution in [0.5, 0.6) is 5.88 Å². The molecule has 2 aromatic rings. The molecule has 3 rings (SSSR count). The summed E-state index contributed by atoms with van der Waals surface area (Å²) in [6.07, 6.45) is 6.15. The summed E-state index contributed by atoms with van der Waals surface area (Å²) in [4.78, 5) is 4.24. The van der Waals surface area contributed by atoms with Gasteiger partial charge in [0, 0.05) is 12.4 Å². The summed E-state index contributed by atoms with van der Waals surface area (Å²) in [6.45, 7) is 2.76. The van der Waals surface area contributed by atoms with Crippen LogP contribution in [-0.4, -0.2) is 21.2 Å². The van der Waals surface area contributed by atoms with Gasteiger partial charge in [0.1, 0.15) is 5.52 Å². The average Bonchev–Trinajstić information content (AvgIpc) is 2.96. The van der Waals surface area contributed by atoms with Gasteiger partial charge >= 0.3 is 0 Å². The summed E-state index contributed by atoms with van der Waals surface area (Å²) in [5.74, 6) is 1.45. The number of fused-ring (bicyclic) bond motifs is 1. The third kappa shape index (κ3) is 1.67. The van der Waals surface area contributed by atoms with Gasteiger partial charge in [-0.25, -0.2) is 9.50 Å². The van der Waals surface area contributed by atoms with Crippen molar-refractivity contribution in [3.63, 3.8) is 0 Å². The van der Waals surface area contributed by atoms with E-state index in [1.54, 1.807) is 6.20 Å². The van der Waals surface area contributed by atoms with Crippen LogP contribution < -0.4 is 4.74 Å². The molecule has 0 atom stereocenters. The normalized spacial score (nSPS) is 15.8. The predicted molar refractivity (Wildman–Crippen MR) is 55.9 cm³/mol. The van der Waals surface area contributed by atoms with Gasteiger partial charge in [0.15, 0.2) is 0 Å². The molecule has 0 radical (unpaired) electrons. The van der Waals surface area contributed by atoms with Crippen LogP contribution in [0.1, 0.15) is 18.5 Å². The predicted octanol–water partition coefficient (Wildman–Crippen LogP) is 1.83. The largest absolute Gasteiger partial charge is 0.476 e. The van der Waals surface area contributed by atoms with E-state index in [2.05, 4.69) is 10.1 Å². The van der Waals surface area contributed by atoms with Crippen molar-refractivity contribution in [1.29, 1.82) is 0 Å². The zero-order valence-corrected chi connectivity index (χ0v) is 8.68. The van der Waals surface area contributed by atoms with Crippen LogP contribution in [0.15, 0.2) is 18.5 Å². The fourth-order valence-electron chi connectivity index (χ4n) is 1.61. The minimum Gasteiger partial charge on any atom is -0.476 e. The van der Waals surface area contributed by atoms with E-state index in [1.807, 2.05) is 23.7 Å². The molecule has 1 fully saturated rings. The molecule has 15 heavy (non-hydrogen) atoms. The Labute approximate surface area is 87.9 Å². The lowest BCUT2D eigenvalue weighted by molar-refractivity contribution is 0.291. The van der Waals surface area contributed by atoms with Gasteiger partial charge in [0.2, 0.25) is 5.88 Å². The van der Waals surface area contributed by atoms with Gasteiger partial charge in [-0.1, -0.05) is 0 Å². The van der Waals surface area contributed by atoms with Crippen molar-refractivity contribution < 1.29 is 4.74 Å². The maximum absolute atomic E-state index is 5.68. The van der Waals surface area contributed by atoms with Crippen molar-refractivity contribution in [2.45, 2.75) is 19.8 Å². The Bertz CT molecular complexity index is 488. The van der Waals surface area contributed by atoms with Gasteiger partial charge in [-0.2, -0.15) is 5.10 Å². The quantitative estimate of drug-likeness (QED) is 0.764. The molecule has 0 aromatic carbocycles. The van der Waals surface area contributed by atoms with E-state index < -0.39 is 0 Å². The molecule has 4 heteroatoms. The van der Waals surface area contributed by atoms with E-state index in [0.29, 0.717) is 5.88 Å². The molecule has 1 saturated carbocycles. The first kappa shape index (κ1) is 8.71. The molecule has 2 aromatic heterocycles. The third-order valence-electron chi connectivity index (χ3n) is 2.63. The summed E-state index contributed by atoms with van der Waals surface area (Å²) in [5.41, 5.74) is 1.94. The van der Waals surface area contributed by atoms with Crippen molar-refractivity contribution in [3.8, 4) is 5.88 Å². The Morgan fingerprint density at radius 2 is 2.40 bits per heavy atom. The van der Waals surface area contributed by atoms with E-state index >= 15 is 0 Å². The second-order valence-corrected chi connectivity index (χ2v) is 4.10. The lowest BCUT2D eigenvalue weighted by Crippen LogP contribution is -2.02. The zero-order chi connectivity index (χ0) is 10.3. The highest BCUT2D eigenvalue weighted by Crippen LogP contribution is 2.29. The molecule has 1 aliphatic carbocycles. The summed E-state index contributed by atoms with van der Waals surface area (Å²) < 4.78 is 7.49. The van der Waals surface area contributed by atoms with Crippen molar-refractivity contribution in [2.24, 2.45) is 5.92 Å². The third-order valence-corrected chi connectivity index (χ3v) is 2.63. The monoisotopic (exact) mass is 203 g/mol. The molecule has 0 unspecified atom stereocenters. The molecule has 0 aliphatic heterocycles. The fraction of sp³-hybridized carbons (Fsp3) is 0.455. The fourth-order valence-corrected chi connectivity index (χ4v) is 1.61. The number of hydrogen-bond donors (Lipinski definition) is 0. The highest BCUT2D eigenvalue weighted by Gasteiger charge is 2.22. The van der Waals surface area contributed by atoms with Gasteiger partial charge in [0.25, 0.3) is 0 Å². The molecular formula is C11H13N3O. The van der Waals surface area contributed by atoms with Crippen molar-refractivity contribution in [1.82, 2.24) is 14.6 Å². The van der Waals surface area contributed by atoms with Gasteiger partial charge in [0.05, 0.1) is 12.3 Å². The minimum atomic E-state index is 0.699. The van der Waals surface area contributed by atoms with Crippen molar-refractivity contribution >= 4 is 5.52 Å². The summed E-state index contributed by atoms with van der Waals surface area (Å²) in [7, 11) is 0. The number of hydrogen-bond acceptors (Lipinski definition) is 3. The number of nitrogens with zero attached hydrogens (tertiary/aromatic N) is 3. The molecule has 0 bridgehead atoms. The molecular weight excluding hydrogens is 190 g/mol. The van der Waals surface area contributed by atoms with E-state index in [1.165, 1.54) is 12.8 Å². The Kier molecular flexibility index (Phi) is 1.87. The highest BCUT2D eigenvalue weighted by molar-refractivity contribution is 5.56. The SMILES string of the molecule is Cc1cc2c(OCC3CC3)nccn2n1. The first-order valence-electron chi connectivity index (χ1n) is 5.27. The van der Waals surface area contributed by atoms with Crippen molar-refractivity contribution in [2.75, 3.05) is 6.61 Å². The maximum atomic E-state index is 5.68. The molecule has 0 amide bonds. The van der Waals surface area contributed by atoms with E-state index in [4.69, 9.17) is 4.74 Å². The van der Waals surface area contributed by atoms with Crippen LogP contribution in [0.3, 0.4) is 0 Å². The molecule has 0 N–H and O–H groups in total. The molecule has 0 spiro atoms. The Morgan fingerprint density at radius 3 is 3.20 bits per heavy atom. The first-order valence-corrected chi connectivity index (χ1v) is 5.27. The van der Waals surface area contributed by atoms with Crippen LogP contribution in [0, 0.1) is 12.8 Å². The second kappa shape index (κ2) is 3.22. The number of aryl methyl sites for hydroxylation is 1. The molecule has 1 aliphatic rings. The topological polar surface area (TPSA) is 39.4 Å². The summed E-state index contributed by atoms with van der Waals surface area (Å²) in [5, 5.41) is 4.31. The van der Waals surface area contributed by atoms with E-state index in [9.17, 15) is 0 Å². The van der Waals surface area contributed by atoms with Gasteiger partial charge < -0.3 is 4.74 Å². The second-order valence-electron chi connectivity index (χ2n) is 4.10. The smallest absolute Gasteiger partial charge is 0.240 e. The Morgan fingerprint density at radius 1 is 1.53 bits per heavy atom. The molecule has 78 valence electrons. The summed E-state index contributed by atoms with van der Waals surface area (Å²) in [6, 6.07) is 2.00. The first-order chi connectivity index (χ1) is 7.33. The Balaban J connectivity index is 1.93. The van der Waals surface area contributed by atoms with Crippen molar-refractivity contribution in [3.05, 3.63) is 24.2 Å². The lowest BCUT2D eigenvalue weighted by atomic mass is 10.4. The number of ether oxygens (including phenoxy) is 1. The highest BCUT2D eigenvalue weighted by atomic mass is 16.5. The van der Waals surface area contributed by atoms with Gasteiger partial charge in [-0.05, 0) is 31.7 Å². The van der Waals surface area contributed by atoms with Crippen LogP contribution in [0.25, 0.3) is 5.52 Å². The van der Waals surface area contributed by atoms with Crippen LogP contribution in [0.2, 0.25) is 0 Å². The number of aromatic nitrogens is 3. The number of rotatable bonds is 3. The molecule has 4 nitrogen and oxygen atoms in total. The summed E-state index contributed by atoms with van der Waals surface area (Å²) >= 11 is 0. The van der Waals surface area contributed by atoms with Gasteiger partial charge in [-0.3, -0.25) is 0 Å². The zero-order valence-electron chi connectivity index (χ0n) is 8.68. The van der Waals surface area contributed by atoms with Crippen LogP contribution in [-0.2, 0) is 0 Å². The average molecular weight is 203 g/mol. The Hall–Kier alpha value is -1.58. The maximum Gasteiger partial charge on any atom is 0.240 e. The lowest BCUT2D eigenvalue weighted by Gasteiger charge is -2.04. The minimum absolute atomic E-state index is 0.699. The van der Waals surface area contributed by atoms with E-state index in [-0.39, 0.29) is 0 Å². The van der Waals surface area contributed by atoms with E-state index in [0.717, 1.165) is 23.7 Å². The standard InChI is InChI=1S/C11H13N3O/c1-8-6-10-11(15-7-9-2-3-9)12-4-5-14(10)13-8/h4-6,9H,2-3,7H2,1H3. The molecule has 0 saturated heterocycles. The van der Waals surface area contributed by atoms with Gasteiger partial charge in [-0.15, -0.1) is 0 Å². The molecule has 2 heterocycles. The van der Waals surface area contributed by atoms with Crippen LogP contribution in [0.4, 0.5) is 0 Å². The van der Waals surface area contributed by atoms with Crippen LogP contribution >= 0.6 is 0 Å².